The fourth-order valence-electron chi connectivity index (χ4n) is 1.73. The van der Waals surface area contributed by atoms with E-state index in [4.69, 9.17) is 5.14 Å². The minimum absolute atomic E-state index is 0.0179. The molecule has 3 N–H and O–H groups in total. The lowest BCUT2D eigenvalue weighted by Crippen LogP contribution is -2.33. The predicted molar refractivity (Wildman–Crippen MR) is 77.3 cm³/mol. The van der Waals surface area contributed by atoms with Gasteiger partial charge in [-0.2, -0.15) is 0 Å². The van der Waals surface area contributed by atoms with E-state index in [1.165, 1.54) is 0 Å². The van der Waals surface area contributed by atoms with E-state index < -0.39 is 21.7 Å². The van der Waals surface area contributed by atoms with Crippen LogP contribution in [0.5, 0.6) is 0 Å². The molecule has 0 heterocycles. The number of halogens is 2. The van der Waals surface area contributed by atoms with Crippen LogP contribution in [-0.2, 0) is 10.0 Å². The predicted octanol–water partition coefficient (Wildman–Crippen LogP) is 2.15. The van der Waals surface area contributed by atoms with Crippen molar-refractivity contribution >= 4 is 31.9 Å². The molecule has 112 valence electrons. The normalized spacial score (nSPS) is 13.1. The second-order valence-corrected chi connectivity index (χ2v) is 6.85. The fourth-order valence-corrected chi connectivity index (χ4v) is 3.33. The van der Waals surface area contributed by atoms with Crippen molar-refractivity contribution in [2.45, 2.75) is 37.6 Å². The highest BCUT2D eigenvalue weighted by Gasteiger charge is 2.21. The topological polar surface area (TPSA) is 89.3 Å². The maximum Gasteiger partial charge on any atom is 0.254 e. The van der Waals surface area contributed by atoms with Gasteiger partial charge in [-0.05, 0) is 41.4 Å². The van der Waals surface area contributed by atoms with Crippen molar-refractivity contribution in [2.24, 2.45) is 5.14 Å². The molecule has 1 rings (SSSR count). The summed E-state index contributed by atoms with van der Waals surface area (Å²) in [5, 5.41) is 7.62. The number of carbonyl (C=O) groups is 1. The van der Waals surface area contributed by atoms with Gasteiger partial charge in [-0.15, -0.1) is 0 Å². The van der Waals surface area contributed by atoms with Crippen LogP contribution in [0.3, 0.4) is 0 Å². The number of hydrogen-bond donors (Lipinski definition) is 2. The maximum absolute atomic E-state index is 13.8. The Bertz CT molecular complexity index is 619. The van der Waals surface area contributed by atoms with E-state index in [0.29, 0.717) is 0 Å². The summed E-state index contributed by atoms with van der Waals surface area (Å²) >= 11 is 2.91. The Morgan fingerprint density at radius 1 is 1.50 bits per heavy atom. The van der Waals surface area contributed by atoms with E-state index in [1.807, 2.05) is 6.92 Å². The smallest absolute Gasteiger partial charge is 0.254 e. The highest BCUT2D eigenvalue weighted by Crippen LogP contribution is 2.24. The molecule has 0 fully saturated rings. The minimum atomic E-state index is -4.04. The molecule has 0 aromatic heterocycles. The number of nitrogens with one attached hydrogen (secondary N) is 1. The molecule has 0 bridgehead atoms. The van der Waals surface area contributed by atoms with Crippen LogP contribution < -0.4 is 10.5 Å². The second kappa shape index (κ2) is 6.64. The molecule has 5 nitrogen and oxygen atoms in total. The molecule has 0 spiro atoms. The summed E-state index contributed by atoms with van der Waals surface area (Å²) in [5.41, 5.74) is -0.347. The zero-order valence-electron chi connectivity index (χ0n) is 11.1. The number of benzene rings is 1. The van der Waals surface area contributed by atoms with Gasteiger partial charge >= 0.3 is 0 Å². The zero-order valence-corrected chi connectivity index (χ0v) is 13.5. The molecule has 1 unspecified atom stereocenters. The lowest BCUT2D eigenvalue weighted by molar-refractivity contribution is 0.0934. The van der Waals surface area contributed by atoms with Gasteiger partial charge in [0.05, 0.1) is 10.5 Å². The van der Waals surface area contributed by atoms with Crippen molar-refractivity contribution in [3.05, 3.63) is 28.0 Å². The van der Waals surface area contributed by atoms with Crippen LogP contribution in [0.1, 0.15) is 37.0 Å². The van der Waals surface area contributed by atoms with Gasteiger partial charge < -0.3 is 5.32 Å². The molecule has 1 amide bonds. The first-order valence-electron chi connectivity index (χ1n) is 5.99. The standard InChI is InChI=1S/C12H16BrFN2O3S/c1-3-4-7(2)16-12(17)8-5-11(20(15,18)19)9(13)6-10(8)14/h5-7H,3-4H2,1-2H3,(H,16,17)(H2,15,18,19). The first-order chi connectivity index (χ1) is 9.16. The number of rotatable bonds is 5. The average Bonchev–Trinajstić information content (AvgIpc) is 2.26. The Hall–Kier alpha value is -0.990. The average molecular weight is 367 g/mol. The SMILES string of the molecule is CCCC(C)NC(=O)c1cc(S(N)(=O)=O)c(Br)cc1F. The van der Waals surface area contributed by atoms with Gasteiger partial charge in [0.25, 0.3) is 5.91 Å². The van der Waals surface area contributed by atoms with Crippen LogP contribution in [0.4, 0.5) is 4.39 Å². The van der Waals surface area contributed by atoms with Crippen molar-refractivity contribution in [2.75, 3.05) is 0 Å². The van der Waals surface area contributed by atoms with E-state index in [0.717, 1.165) is 25.0 Å². The van der Waals surface area contributed by atoms with Crippen LogP contribution in [0.15, 0.2) is 21.5 Å². The van der Waals surface area contributed by atoms with Gasteiger partial charge in [-0.1, -0.05) is 13.3 Å². The van der Waals surface area contributed by atoms with Crippen molar-refractivity contribution in [1.82, 2.24) is 5.32 Å². The first-order valence-corrected chi connectivity index (χ1v) is 8.33. The Morgan fingerprint density at radius 3 is 2.60 bits per heavy atom. The third kappa shape index (κ3) is 4.26. The van der Waals surface area contributed by atoms with Gasteiger partial charge in [-0.3, -0.25) is 4.79 Å². The first kappa shape index (κ1) is 17.1. The summed E-state index contributed by atoms with van der Waals surface area (Å²) in [6, 6.07) is 1.72. The zero-order chi connectivity index (χ0) is 15.5. The maximum atomic E-state index is 13.8. The van der Waals surface area contributed by atoms with Crippen LogP contribution in [0, 0.1) is 5.82 Å². The van der Waals surface area contributed by atoms with Gasteiger partial charge in [-0.25, -0.2) is 17.9 Å². The summed E-state index contributed by atoms with van der Waals surface area (Å²) in [6.07, 6.45) is 1.61. The highest BCUT2D eigenvalue weighted by atomic mass is 79.9. The lowest BCUT2D eigenvalue weighted by atomic mass is 10.1. The second-order valence-electron chi connectivity index (χ2n) is 4.47. The van der Waals surface area contributed by atoms with Crippen molar-refractivity contribution in [3.63, 3.8) is 0 Å². The molecule has 0 radical (unpaired) electrons. The third-order valence-corrected chi connectivity index (χ3v) is 4.54. The van der Waals surface area contributed by atoms with Gasteiger partial charge in [0, 0.05) is 10.5 Å². The molecular formula is C12H16BrFN2O3S. The van der Waals surface area contributed by atoms with Crippen molar-refractivity contribution in [3.8, 4) is 0 Å². The van der Waals surface area contributed by atoms with E-state index in [1.54, 1.807) is 6.92 Å². The third-order valence-electron chi connectivity index (χ3n) is 2.67. The molecule has 0 saturated carbocycles. The van der Waals surface area contributed by atoms with Gasteiger partial charge in [0.15, 0.2) is 0 Å². The molecule has 0 aliphatic rings. The Morgan fingerprint density at radius 2 is 2.10 bits per heavy atom. The monoisotopic (exact) mass is 366 g/mol. The van der Waals surface area contributed by atoms with E-state index >= 15 is 0 Å². The van der Waals surface area contributed by atoms with Gasteiger partial charge in [0.2, 0.25) is 10.0 Å². The summed E-state index contributed by atoms with van der Waals surface area (Å²) in [7, 11) is -4.04. The molecule has 8 heteroatoms. The summed E-state index contributed by atoms with van der Waals surface area (Å²) in [6.45, 7) is 3.75. The number of amides is 1. The largest absolute Gasteiger partial charge is 0.349 e. The summed E-state index contributed by atoms with van der Waals surface area (Å²) < 4.78 is 36.5. The molecule has 1 aromatic carbocycles. The van der Waals surface area contributed by atoms with Crippen LogP contribution in [0.2, 0.25) is 0 Å². The molecule has 1 aromatic rings. The van der Waals surface area contributed by atoms with Crippen molar-refractivity contribution in [1.29, 1.82) is 0 Å². The number of carbonyl (C=O) groups excluding carboxylic acids is 1. The van der Waals surface area contributed by atoms with Crippen LogP contribution in [-0.4, -0.2) is 20.4 Å². The number of nitrogens with two attached hydrogens (primary N) is 1. The quantitative estimate of drug-likeness (QED) is 0.836. The summed E-state index contributed by atoms with van der Waals surface area (Å²) in [5.74, 6) is -1.48. The molecule has 0 saturated heterocycles. The van der Waals surface area contributed by atoms with E-state index in [-0.39, 0.29) is 21.0 Å². The van der Waals surface area contributed by atoms with Crippen molar-refractivity contribution < 1.29 is 17.6 Å². The number of hydrogen-bond acceptors (Lipinski definition) is 3. The fraction of sp³-hybridized carbons (Fsp3) is 0.417. The molecule has 1 atom stereocenters. The Labute approximate surface area is 125 Å². The Balaban J connectivity index is 3.16. The molecule has 0 aliphatic heterocycles. The number of sulfonamides is 1. The minimum Gasteiger partial charge on any atom is -0.349 e. The molecular weight excluding hydrogens is 351 g/mol. The Kier molecular flexibility index (Phi) is 5.67. The summed E-state index contributed by atoms with van der Waals surface area (Å²) in [4.78, 5) is 11.6. The van der Waals surface area contributed by atoms with Crippen LogP contribution >= 0.6 is 15.9 Å². The van der Waals surface area contributed by atoms with E-state index in [2.05, 4.69) is 21.2 Å². The number of primary sulfonamides is 1. The van der Waals surface area contributed by atoms with E-state index in [9.17, 15) is 17.6 Å². The molecule has 0 aliphatic carbocycles. The molecule has 20 heavy (non-hydrogen) atoms. The lowest BCUT2D eigenvalue weighted by Gasteiger charge is -2.14. The highest BCUT2D eigenvalue weighted by molar-refractivity contribution is 9.10. The van der Waals surface area contributed by atoms with Crippen LogP contribution in [0.25, 0.3) is 0 Å². The van der Waals surface area contributed by atoms with Gasteiger partial charge in [0.1, 0.15) is 5.82 Å².